The van der Waals surface area contributed by atoms with Crippen LogP contribution in [0.25, 0.3) is 0 Å². The number of benzene rings is 1. The van der Waals surface area contributed by atoms with E-state index >= 15 is 0 Å². The molecule has 0 aliphatic heterocycles. The molecule has 8 heteroatoms. The van der Waals surface area contributed by atoms with Gasteiger partial charge in [0.1, 0.15) is 5.69 Å². The first-order valence-corrected chi connectivity index (χ1v) is 10.6. The first-order valence-electron chi connectivity index (χ1n) is 8.70. The summed E-state index contributed by atoms with van der Waals surface area (Å²) in [6, 6.07) is 10.6. The van der Waals surface area contributed by atoms with Gasteiger partial charge in [-0.05, 0) is 56.5 Å². The monoisotopic (exact) mass is 409 g/mol. The number of halogens is 1. The number of sulfonamides is 1. The maximum absolute atomic E-state index is 12.3. The van der Waals surface area contributed by atoms with E-state index in [0.29, 0.717) is 5.69 Å². The molecule has 27 heavy (non-hydrogen) atoms. The van der Waals surface area contributed by atoms with Crippen LogP contribution in [0.4, 0.5) is 11.4 Å². The van der Waals surface area contributed by atoms with Gasteiger partial charge >= 0.3 is 0 Å². The van der Waals surface area contributed by atoms with Crippen LogP contribution in [0.15, 0.2) is 42.6 Å². The number of carbonyl (C=O) groups excluding carboxylic acids is 1. The minimum atomic E-state index is -3.77. The molecule has 0 radical (unpaired) electrons. The molecule has 0 saturated heterocycles. The van der Waals surface area contributed by atoms with Crippen LogP contribution in [-0.4, -0.2) is 23.5 Å². The van der Waals surface area contributed by atoms with Crippen molar-refractivity contribution in [3.63, 3.8) is 0 Å². The summed E-state index contributed by atoms with van der Waals surface area (Å²) in [5.41, 5.74) is 2.32. The van der Waals surface area contributed by atoms with E-state index in [1.165, 1.54) is 37.7 Å². The Morgan fingerprint density at radius 2 is 1.74 bits per heavy atom. The Hall–Kier alpha value is -2.12. The number of rotatable bonds is 8. The minimum absolute atomic E-state index is 0.179. The van der Waals surface area contributed by atoms with Gasteiger partial charge in [0.05, 0.1) is 11.9 Å². The highest BCUT2D eigenvalue weighted by Gasteiger charge is 2.31. The van der Waals surface area contributed by atoms with Crippen molar-refractivity contribution in [3.05, 3.63) is 53.9 Å². The van der Waals surface area contributed by atoms with E-state index in [2.05, 4.69) is 21.9 Å². The SMILES string of the molecule is CCCCc1ccc(NC(=O)c2ccc(NS(=O)(=O)C(C)(C)Cl)cn2)cc1. The third-order valence-corrected chi connectivity index (χ3v) is 6.31. The summed E-state index contributed by atoms with van der Waals surface area (Å²) in [6.45, 7) is 4.90. The lowest BCUT2D eigenvalue weighted by Crippen LogP contribution is -2.31. The number of aromatic nitrogens is 1. The lowest BCUT2D eigenvalue weighted by atomic mass is 10.1. The standard InChI is InChI=1S/C19H24ClN3O3S/c1-4-5-6-14-7-9-15(10-8-14)22-18(24)17-12-11-16(13-21-17)23-27(25,26)19(2,3)20/h7-13,23H,4-6H2,1-3H3,(H,22,24). The Morgan fingerprint density at radius 1 is 1.11 bits per heavy atom. The lowest BCUT2D eigenvalue weighted by molar-refractivity contribution is 0.102. The Labute approximate surface area is 165 Å². The van der Waals surface area contributed by atoms with Gasteiger partial charge in [0.15, 0.2) is 4.21 Å². The van der Waals surface area contributed by atoms with Crippen molar-refractivity contribution >= 4 is 38.9 Å². The number of nitrogens with zero attached hydrogens (tertiary/aromatic N) is 1. The maximum Gasteiger partial charge on any atom is 0.274 e. The fourth-order valence-electron chi connectivity index (χ4n) is 2.20. The molecule has 0 saturated carbocycles. The number of alkyl halides is 1. The molecule has 0 unspecified atom stereocenters. The van der Waals surface area contributed by atoms with Crippen molar-refractivity contribution in [1.29, 1.82) is 0 Å². The van der Waals surface area contributed by atoms with Crippen molar-refractivity contribution in [1.82, 2.24) is 4.98 Å². The van der Waals surface area contributed by atoms with Crippen molar-refractivity contribution in [3.8, 4) is 0 Å². The number of aryl methyl sites for hydroxylation is 1. The van der Waals surface area contributed by atoms with Gasteiger partial charge in [-0.3, -0.25) is 9.52 Å². The Kier molecular flexibility index (Phi) is 6.84. The molecule has 1 aromatic heterocycles. The number of carbonyl (C=O) groups is 1. The number of nitrogens with one attached hydrogen (secondary N) is 2. The quantitative estimate of drug-likeness (QED) is 0.632. The van der Waals surface area contributed by atoms with Gasteiger partial charge in [-0.2, -0.15) is 0 Å². The van der Waals surface area contributed by atoms with Gasteiger partial charge in [0.2, 0.25) is 0 Å². The molecule has 0 aliphatic carbocycles. The van der Waals surface area contributed by atoms with Gasteiger partial charge in [-0.25, -0.2) is 13.4 Å². The van der Waals surface area contributed by atoms with E-state index in [4.69, 9.17) is 11.6 Å². The smallest absolute Gasteiger partial charge is 0.274 e. The predicted molar refractivity (Wildman–Crippen MR) is 110 cm³/mol. The number of hydrogen-bond acceptors (Lipinski definition) is 4. The van der Waals surface area contributed by atoms with E-state index in [0.717, 1.165) is 19.3 Å². The second-order valence-electron chi connectivity index (χ2n) is 6.66. The van der Waals surface area contributed by atoms with E-state index in [1.807, 2.05) is 24.3 Å². The summed E-state index contributed by atoms with van der Waals surface area (Å²) < 4.78 is 24.9. The lowest BCUT2D eigenvalue weighted by Gasteiger charge is -2.18. The van der Waals surface area contributed by atoms with E-state index in [9.17, 15) is 13.2 Å². The summed E-state index contributed by atoms with van der Waals surface area (Å²) >= 11 is 5.85. The van der Waals surface area contributed by atoms with Crippen LogP contribution in [0.2, 0.25) is 0 Å². The van der Waals surface area contributed by atoms with Crippen LogP contribution in [-0.2, 0) is 16.4 Å². The fourth-order valence-corrected chi connectivity index (χ4v) is 2.99. The van der Waals surface area contributed by atoms with Gasteiger partial charge in [0.25, 0.3) is 15.9 Å². The Bertz CT molecular complexity index is 874. The average Bonchev–Trinajstić information content (AvgIpc) is 2.60. The fraction of sp³-hybridized carbons (Fsp3) is 0.368. The molecule has 2 rings (SSSR count). The highest BCUT2D eigenvalue weighted by atomic mass is 35.5. The maximum atomic E-state index is 12.3. The molecule has 2 N–H and O–H groups in total. The molecule has 0 aliphatic rings. The third-order valence-electron chi connectivity index (χ3n) is 3.92. The summed E-state index contributed by atoms with van der Waals surface area (Å²) in [6.07, 6.45) is 4.57. The highest BCUT2D eigenvalue weighted by molar-refractivity contribution is 7.95. The summed E-state index contributed by atoms with van der Waals surface area (Å²) in [7, 11) is -3.77. The molecule has 6 nitrogen and oxygen atoms in total. The van der Waals surface area contributed by atoms with Gasteiger partial charge in [-0.1, -0.05) is 25.5 Å². The zero-order chi connectivity index (χ0) is 20.1. The molecule has 1 heterocycles. The summed E-state index contributed by atoms with van der Waals surface area (Å²) in [4.78, 5) is 16.3. The summed E-state index contributed by atoms with van der Waals surface area (Å²) in [5.74, 6) is -0.372. The molecule has 0 fully saturated rings. The van der Waals surface area contributed by atoms with E-state index in [-0.39, 0.29) is 17.3 Å². The van der Waals surface area contributed by atoms with Crippen LogP contribution in [0.5, 0.6) is 0 Å². The number of anilines is 2. The molecule has 0 atom stereocenters. The molecule has 1 amide bonds. The minimum Gasteiger partial charge on any atom is -0.321 e. The highest BCUT2D eigenvalue weighted by Crippen LogP contribution is 2.23. The molecule has 0 spiro atoms. The topological polar surface area (TPSA) is 88.2 Å². The van der Waals surface area contributed by atoms with Gasteiger partial charge in [0, 0.05) is 5.69 Å². The first kappa shape index (κ1) is 21.2. The second kappa shape index (κ2) is 8.71. The van der Waals surface area contributed by atoms with Crippen LogP contribution < -0.4 is 10.0 Å². The predicted octanol–water partition coefficient (Wildman–Crippen LogP) is 4.39. The normalized spacial score (nSPS) is 11.9. The number of hydrogen-bond donors (Lipinski definition) is 2. The van der Waals surface area contributed by atoms with Gasteiger partial charge in [-0.15, -0.1) is 11.6 Å². The average molecular weight is 410 g/mol. The van der Waals surface area contributed by atoms with Crippen molar-refractivity contribution in [2.75, 3.05) is 10.0 Å². The van der Waals surface area contributed by atoms with Crippen LogP contribution in [0.1, 0.15) is 49.7 Å². The zero-order valence-corrected chi connectivity index (χ0v) is 17.2. The molecular weight excluding hydrogens is 386 g/mol. The second-order valence-corrected chi connectivity index (χ2v) is 10.1. The number of amides is 1. The summed E-state index contributed by atoms with van der Waals surface area (Å²) in [5, 5.41) is 2.77. The first-order chi connectivity index (χ1) is 12.6. The molecule has 2 aromatic rings. The third kappa shape index (κ3) is 5.94. The molecule has 0 bridgehead atoms. The number of pyridine rings is 1. The Morgan fingerprint density at radius 3 is 2.26 bits per heavy atom. The molecule has 146 valence electrons. The molecule has 1 aromatic carbocycles. The van der Waals surface area contributed by atoms with E-state index < -0.39 is 14.2 Å². The van der Waals surface area contributed by atoms with Crippen molar-refractivity contribution in [2.24, 2.45) is 0 Å². The van der Waals surface area contributed by atoms with Crippen molar-refractivity contribution in [2.45, 2.75) is 44.2 Å². The van der Waals surface area contributed by atoms with Crippen molar-refractivity contribution < 1.29 is 13.2 Å². The van der Waals surface area contributed by atoms with E-state index in [1.54, 1.807) is 0 Å². The van der Waals surface area contributed by atoms with Gasteiger partial charge < -0.3 is 5.32 Å². The number of unbranched alkanes of at least 4 members (excludes halogenated alkanes) is 1. The molecular formula is C19H24ClN3O3S. The Balaban J connectivity index is 2.01. The van der Waals surface area contributed by atoms with Crippen LogP contribution >= 0.6 is 11.6 Å². The van der Waals surface area contributed by atoms with Crippen LogP contribution in [0.3, 0.4) is 0 Å². The largest absolute Gasteiger partial charge is 0.321 e. The van der Waals surface area contributed by atoms with Crippen LogP contribution in [0, 0.1) is 0 Å². The zero-order valence-electron chi connectivity index (χ0n) is 15.6.